The minimum Gasteiger partial charge on any atom is -0.480 e. The molecule has 0 bridgehead atoms. The zero-order valence-corrected chi connectivity index (χ0v) is 22.4. The number of carbonyl (C=O) groups is 4. The molecule has 0 heterocycles. The number of carbonyl (C=O) groups excluding carboxylic acids is 3. The van der Waals surface area contributed by atoms with Gasteiger partial charge in [-0.15, -0.1) is 0 Å². The number of thioether (sulfide) groups is 2. The molecule has 34 heavy (non-hydrogen) atoms. The predicted molar refractivity (Wildman–Crippen MR) is 140 cm³/mol. The first-order chi connectivity index (χ1) is 16.1. The average molecular weight is 522 g/mol. The first kappa shape index (κ1) is 32.5. The summed E-state index contributed by atoms with van der Waals surface area (Å²) in [6, 6.07) is -3.57. The number of carboxylic acids is 1. The van der Waals surface area contributed by atoms with Crippen LogP contribution in [0.25, 0.3) is 0 Å². The van der Waals surface area contributed by atoms with Gasteiger partial charge in [-0.2, -0.15) is 23.5 Å². The van der Waals surface area contributed by atoms with E-state index in [-0.39, 0.29) is 12.3 Å². The summed E-state index contributed by atoms with van der Waals surface area (Å²) >= 11 is 2.99. The second kappa shape index (κ2) is 18.8. The number of carboxylic acid groups (broad SMARTS) is 1. The van der Waals surface area contributed by atoms with Crippen LogP contribution in [0.3, 0.4) is 0 Å². The van der Waals surface area contributed by atoms with Gasteiger partial charge in [0.1, 0.15) is 18.1 Å². The highest BCUT2D eigenvalue weighted by Crippen LogP contribution is 2.08. The summed E-state index contributed by atoms with van der Waals surface area (Å²) in [5.74, 6) is -1.22. The van der Waals surface area contributed by atoms with Crippen LogP contribution in [0, 0.1) is 5.92 Å². The van der Waals surface area contributed by atoms with E-state index in [2.05, 4.69) is 16.0 Å². The fraction of sp³-hybridized carbons (Fsp3) is 0.818. The van der Waals surface area contributed by atoms with Crippen LogP contribution in [0.1, 0.15) is 52.4 Å². The van der Waals surface area contributed by atoms with E-state index in [1.54, 1.807) is 0 Å². The molecule has 0 aliphatic heterocycles. The number of rotatable bonds is 19. The van der Waals surface area contributed by atoms with Crippen LogP contribution in [-0.2, 0) is 19.2 Å². The number of aliphatic carboxylic acids is 1. The Hall–Kier alpha value is -1.50. The fourth-order valence-electron chi connectivity index (χ4n) is 3.20. The van der Waals surface area contributed by atoms with Crippen LogP contribution < -0.4 is 27.4 Å². The van der Waals surface area contributed by atoms with Crippen LogP contribution in [0.15, 0.2) is 0 Å². The molecule has 198 valence electrons. The quantitative estimate of drug-likeness (QED) is 0.132. The molecule has 0 aromatic heterocycles. The third-order valence-corrected chi connectivity index (χ3v) is 6.40. The zero-order valence-electron chi connectivity index (χ0n) is 20.8. The lowest BCUT2D eigenvalue weighted by molar-refractivity contribution is -0.142. The minimum absolute atomic E-state index is 0.221. The normalized spacial score (nSPS) is 14.7. The molecule has 8 N–H and O–H groups in total. The van der Waals surface area contributed by atoms with Gasteiger partial charge in [-0.25, -0.2) is 4.79 Å². The number of hydrogen-bond donors (Lipinski definition) is 6. The number of nitrogens with one attached hydrogen (secondary N) is 3. The van der Waals surface area contributed by atoms with Crippen molar-refractivity contribution in [1.29, 1.82) is 0 Å². The summed E-state index contributed by atoms with van der Waals surface area (Å²) in [5, 5.41) is 17.4. The van der Waals surface area contributed by atoms with Crippen molar-refractivity contribution in [2.75, 3.05) is 30.6 Å². The molecule has 4 atom stereocenters. The lowest BCUT2D eigenvalue weighted by atomic mass is 10.0. The molecule has 0 aromatic carbocycles. The summed E-state index contributed by atoms with van der Waals surface area (Å²) in [6.45, 7) is 4.37. The van der Waals surface area contributed by atoms with Gasteiger partial charge in [-0.3, -0.25) is 14.4 Å². The molecular formula is C22H43N5O5S2. The van der Waals surface area contributed by atoms with E-state index in [4.69, 9.17) is 11.5 Å². The standard InChI is InChI=1S/C22H43N5O5S2/c1-14(2)13-15(24)19(28)25-16(7-5-6-10-23)20(29)26-17(8-11-33-3)21(30)27-18(22(31)32)9-12-34-4/h14-18H,5-13,23-24H2,1-4H3,(H,25,28)(H,26,29)(H,27,30)(H,31,32). The molecule has 12 heteroatoms. The van der Waals surface area contributed by atoms with Crippen molar-refractivity contribution in [2.45, 2.75) is 76.5 Å². The molecule has 0 radical (unpaired) electrons. The maximum Gasteiger partial charge on any atom is 0.326 e. The number of nitrogens with two attached hydrogens (primary N) is 2. The molecule has 0 saturated heterocycles. The summed E-state index contributed by atoms with van der Waals surface area (Å²) in [7, 11) is 0. The van der Waals surface area contributed by atoms with Crippen molar-refractivity contribution in [3.63, 3.8) is 0 Å². The van der Waals surface area contributed by atoms with Crippen molar-refractivity contribution < 1.29 is 24.3 Å². The Balaban J connectivity index is 5.41. The third-order valence-electron chi connectivity index (χ3n) is 5.11. The Kier molecular flexibility index (Phi) is 18.0. The first-order valence-corrected chi connectivity index (χ1v) is 14.4. The van der Waals surface area contributed by atoms with Crippen molar-refractivity contribution in [3.05, 3.63) is 0 Å². The molecular weight excluding hydrogens is 478 g/mol. The smallest absolute Gasteiger partial charge is 0.326 e. The topological polar surface area (TPSA) is 177 Å². The Morgan fingerprint density at radius 1 is 0.794 bits per heavy atom. The van der Waals surface area contributed by atoms with Crippen LogP contribution in [0.4, 0.5) is 0 Å². The van der Waals surface area contributed by atoms with Crippen LogP contribution >= 0.6 is 23.5 Å². The summed E-state index contributed by atoms with van der Waals surface area (Å²) < 4.78 is 0. The molecule has 0 saturated carbocycles. The van der Waals surface area contributed by atoms with Crippen molar-refractivity contribution in [3.8, 4) is 0 Å². The highest BCUT2D eigenvalue weighted by Gasteiger charge is 2.30. The number of amides is 3. The van der Waals surface area contributed by atoms with Gasteiger partial charge in [-0.05, 0) is 75.0 Å². The summed E-state index contributed by atoms with van der Waals surface area (Å²) in [5.41, 5.74) is 11.5. The zero-order chi connectivity index (χ0) is 26.1. The van der Waals surface area contributed by atoms with Gasteiger partial charge in [0.05, 0.1) is 6.04 Å². The largest absolute Gasteiger partial charge is 0.480 e. The predicted octanol–water partition coefficient (Wildman–Crippen LogP) is 0.534. The van der Waals surface area contributed by atoms with Gasteiger partial charge in [-0.1, -0.05) is 13.8 Å². The molecule has 0 aromatic rings. The summed E-state index contributed by atoms with van der Waals surface area (Å²) in [6.07, 6.45) is 6.46. The van der Waals surface area contributed by atoms with E-state index >= 15 is 0 Å². The first-order valence-electron chi connectivity index (χ1n) is 11.6. The van der Waals surface area contributed by atoms with E-state index in [1.165, 1.54) is 23.5 Å². The van der Waals surface area contributed by atoms with Crippen molar-refractivity contribution in [2.24, 2.45) is 17.4 Å². The maximum atomic E-state index is 13.1. The van der Waals surface area contributed by atoms with E-state index in [0.717, 1.165) is 0 Å². The van der Waals surface area contributed by atoms with Gasteiger partial charge >= 0.3 is 5.97 Å². The Morgan fingerprint density at radius 2 is 1.26 bits per heavy atom. The van der Waals surface area contributed by atoms with Crippen LogP contribution in [0.5, 0.6) is 0 Å². The molecule has 4 unspecified atom stereocenters. The Labute approximate surface area is 211 Å². The van der Waals surface area contributed by atoms with Gasteiger partial charge < -0.3 is 32.5 Å². The lowest BCUT2D eigenvalue weighted by Crippen LogP contribution is -2.57. The van der Waals surface area contributed by atoms with E-state index in [9.17, 15) is 24.3 Å². The van der Waals surface area contributed by atoms with Gasteiger partial charge in [0.15, 0.2) is 0 Å². The third kappa shape index (κ3) is 14.0. The summed E-state index contributed by atoms with van der Waals surface area (Å²) in [4.78, 5) is 50.0. The molecule has 0 fully saturated rings. The maximum absolute atomic E-state index is 13.1. The highest BCUT2D eigenvalue weighted by molar-refractivity contribution is 7.98. The minimum atomic E-state index is -1.12. The van der Waals surface area contributed by atoms with Crippen LogP contribution in [0.2, 0.25) is 0 Å². The molecule has 3 amide bonds. The van der Waals surface area contributed by atoms with Crippen molar-refractivity contribution in [1.82, 2.24) is 16.0 Å². The fourth-order valence-corrected chi connectivity index (χ4v) is 4.14. The molecule has 0 aliphatic carbocycles. The van der Waals surface area contributed by atoms with Crippen LogP contribution in [-0.4, -0.2) is 83.5 Å². The lowest BCUT2D eigenvalue weighted by Gasteiger charge is -2.25. The van der Waals surface area contributed by atoms with E-state index in [0.29, 0.717) is 50.2 Å². The SMILES string of the molecule is CSCCC(NC(=O)C(CCSC)NC(=O)C(CCCCN)NC(=O)C(N)CC(C)C)C(=O)O. The monoisotopic (exact) mass is 521 g/mol. The Morgan fingerprint density at radius 3 is 1.74 bits per heavy atom. The highest BCUT2D eigenvalue weighted by atomic mass is 32.2. The average Bonchev–Trinajstić information content (AvgIpc) is 2.77. The molecule has 10 nitrogen and oxygen atoms in total. The van der Waals surface area contributed by atoms with E-state index < -0.39 is 47.9 Å². The second-order valence-electron chi connectivity index (χ2n) is 8.61. The number of hydrogen-bond acceptors (Lipinski definition) is 8. The number of unbranched alkanes of at least 4 members (excludes halogenated alkanes) is 1. The molecule has 0 spiro atoms. The molecule has 0 aliphatic rings. The van der Waals surface area contributed by atoms with Gasteiger partial charge in [0.25, 0.3) is 0 Å². The van der Waals surface area contributed by atoms with E-state index in [1.807, 2.05) is 26.4 Å². The Bertz CT molecular complexity index is 639. The van der Waals surface area contributed by atoms with Gasteiger partial charge in [0, 0.05) is 0 Å². The second-order valence-corrected chi connectivity index (χ2v) is 10.6. The molecule has 0 rings (SSSR count). The van der Waals surface area contributed by atoms with Gasteiger partial charge in [0.2, 0.25) is 17.7 Å². The van der Waals surface area contributed by atoms with Crippen molar-refractivity contribution >= 4 is 47.2 Å².